The van der Waals surface area contributed by atoms with E-state index in [-0.39, 0.29) is 13.7 Å². The quantitative estimate of drug-likeness (QED) is 0.596. The van der Waals surface area contributed by atoms with E-state index in [0.717, 1.165) is 25.7 Å². The van der Waals surface area contributed by atoms with Crippen LogP contribution in [0.15, 0.2) is 53.4 Å². The number of urea groups is 1. The number of anilines is 1. The lowest BCUT2D eigenvalue weighted by molar-refractivity contribution is -0.120. The molecule has 33 heavy (non-hydrogen) atoms. The van der Waals surface area contributed by atoms with Crippen LogP contribution >= 0.6 is 0 Å². The van der Waals surface area contributed by atoms with Crippen molar-refractivity contribution < 1.29 is 25.6 Å². The van der Waals surface area contributed by atoms with Crippen LogP contribution in [0, 0.1) is 12.8 Å². The van der Waals surface area contributed by atoms with Crippen molar-refractivity contribution in [1.82, 2.24) is 10.0 Å². The first-order chi connectivity index (χ1) is 15.7. The van der Waals surface area contributed by atoms with E-state index < -0.39 is 22.1 Å². The summed E-state index contributed by atoms with van der Waals surface area (Å²) in [7, 11) is -0.871. The molecule has 0 saturated heterocycles. The summed E-state index contributed by atoms with van der Waals surface area (Å²) in [6.45, 7) is 1.66. The molecular weight excluding hydrogens is 442 g/mol. The van der Waals surface area contributed by atoms with Gasteiger partial charge in [0.2, 0.25) is 5.91 Å². The number of carbonyl (C=O) groups is 2. The van der Waals surface area contributed by atoms with E-state index in [9.17, 15) is 18.0 Å². The van der Waals surface area contributed by atoms with Crippen LogP contribution in [0.1, 0.15) is 40.5 Å². The van der Waals surface area contributed by atoms with E-state index in [1.54, 1.807) is 63.5 Å². The molecule has 0 bridgehead atoms. The summed E-state index contributed by atoms with van der Waals surface area (Å²) >= 11 is 0. The molecular formula is C24H35N3O5S. The van der Waals surface area contributed by atoms with Gasteiger partial charge in [-0.2, -0.15) is 0 Å². The molecule has 3 rings (SSSR count). The second-order valence-corrected chi connectivity index (χ2v) is 10.0. The number of amides is 3. The number of nitrogens with one attached hydrogen (secondary N) is 2. The predicted octanol–water partition coefficient (Wildman–Crippen LogP) is 4.10. The molecule has 0 aliphatic heterocycles. The van der Waals surface area contributed by atoms with Gasteiger partial charge in [-0.3, -0.25) is 4.79 Å². The van der Waals surface area contributed by atoms with Crippen molar-refractivity contribution in [3.05, 3.63) is 54.1 Å². The number of sulfonamides is 1. The van der Waals surface area contributed by atoms with E-state index in [1.165, 1.54) is 11.0 Å². The van der Waals surface area contributed by atoms with Crippen molar-refractivity contribution in [3.8, 4) is 5.75 Å². The molecule has 1 saturated carbocycles. The molecule has 0 heterocycles. The van der Waals surface area contributed by atoms with Crippen molar-refractivity contribution in [1.29, 1.82) is 0 Å². The molecule has 0 radical (unpaired) electrons. The Morgan fingerprint density at radius 1 is 1.12 bits per heavy atom. The Morgan fingerprint density at radius 3 is 2.36 bits per heavy atom. The molecule has 0 aromatic heterocycles. The molecule has 1 fully saturated rings. The molecule has 0 unspecified atom stereocenters. The highest BCUT2D eigenvalue weighted by Gasteiger charge is 2.30. The average molecular weight is 478 g/mol. The summed E-state index contributed by atoms with van der Waals surface area (Å²) in [6, 6.07) is 11.6. The van der Waals surface area contributed by atoms with Gasteiger partial charge >= 0.3 is 6.03 Å². The van der Waals surface area contributed by atoms with Crippen molar-refractivity contribution in [2.75, 3.05) is 19.1 Å². The molecule has 0 spiro atoms. The van der Waals surface area contributed by atoms with Gasteiger partial charge in [0.25, 0.3) is 10.0 Å². The van der Waals surface area contributed by atoms with Gasteiger partial charge < -0.3 is 15.0 Å². The summed E-state index contributed by atoms with van der Waals surface area (Å²) in [6.07, 6.45) is 4.61. The van der Waals surface area contributed by atoms with E-state index in [4.69, 9.17) is 4.74 Å². The van der Waals surface area contributed by atoms with Gasteiger partial charge in [-0.25, -0.2) is 17.9 Å². The number of rotatable bonds is 8. The minimum atomic E-state index is -4.07. The Kier molecular flexibility index (Phi) is 7.97. The highest BCUT2D eigenvalue weighted by Crippen LogP contribution is 2.29. The van der Waals surface area contributed by atoms with Gasteiger partial charge in [0.1, 0.15) is 11.8 Å². The standard InChI is InChI=1S/C24H31N3O5S.2H2/c1-17-8-4-7-11-22(17)33(30,31)26-24(29)25-21(16-18-9-5-6-10-18)23(28)27(2)19-12-14-20(32-3)15-13-19;;/h4,7-8,11-15,18,21H,5-6,9-10,16H2,1-3H3,(H2,25,26,29);2*1H/t21-;;/m0../s1. The van der Waals surface area contributed by atoms with Gasteiger partial charge in [-0.1, -0.05) is 43.9 Å². The molecule has 8 nitrogen and oxygen atoms in total. The molecule has 2 aromatic rings. The predicted molar refractivity (Wildman–Crippen MR) is 131 cm³/mol. The molecule has 2 aromatic carbocycles. The first-order valence-electron chi connectivity index (χ1n) is 11.0. The Balaban J connectivity index is 0.00000306. The number of aryl methyl sites for hydroxylation is 1. The highest BCUT2D eigenvalue weighted by atomic mass is 32.2. The van der Waals surface area contributed by atoms with Crippen molar-refractivity contribution >= 4 is 27.6 Å². The minimum Gasteiger partial charge on any atom is -0.497 e. The number of likely N-dealkylation sites (N-methyl/N-ethyl adjacent to an activating group) is 1. The van der Waals surface area contributed by atoms with Crippen LogP contribution in [0.4, 0.5) is 10.5 Å². The number of methoxy groups -OCH3 is 1. The second kappa shape index (κ2) is 10.7. The topological polar surface area (TPSA) is 105 Å². The molecule has 2 N–H and O–H groups in total. The third kappa shape index (κ3) is 6.25. The third-order valence-corrected chi connectivity index (χ3v) is 7.54. The van der Waals surface area contributed by atoms with Gasteiger partial charge in [-0.05, 0) is 55.2 Å². The lowest BCUT2D eigenvalue weighted by Crippen LogP contribution is -2.52. The molecule has 9 heteroatoms. The number of hydrogen-bond acceptors (Lipinski definition) is 5. The maximum atomic E-state index is 13.3. The number of hydrogen-bond donors (Lipinski definition) is 2. The summed E-state index contributed by atoms with van der Waals surface area (Å²) in [5, 5.41) is 2.62. The zero-order valence-corrected chi connectivity index (χ0v) is 20.0. The number of ether oxygens (including phenoxy) is 1. The van der Waals surface area contributed by atoms with Crippen LogP contribution in [0.25, 0.3) is 0 Å². The fraction of sp³-hybridized carbons (Fsp3) is 0.417. The second-order valence-electron chi connectivity index (χ2n) is 8.38. The maximum Gasteiger partial charge on any atom is 0.329 e. The van der Waals surface area contributed by atoms with E-state index in [2.05, 4.69) is 10.0 Å². The van der Waals surface area contributed by atoms with Crippen molar-refractivity contribution in [3.63, 3.8) is 0 Å². The normalized spacial score (nSPS) is 15.0. The minimum absolute atomic E-state index is 0. The molecule has 1 aliphatic carbocycles. The Hall–Kier alpha value is -3.07. The molecule has 182 valence electrons. The Morgan fingerprint density at radius 2 is 1.76 bits per heavy atom. The van der Waals surface area contributed by atoms with Crippen LogP contribution in [0.5, 0.6) is 5.75 Å². The first-order valence-corrected chi connectivity index (χ1v) is 12.5. The van der Waals surface area contributed by atoms with E-state index >= 15 is 0 Å². The first kappa shape index (κ1) is 24.6. The third-order valence-electron chi connectivity index (χ3n) is 6.05. The SMILES string of the molecule is COc1ccc(N(C)C(=O)[C@H](CC2CCCC2)NC(=O)NS(=O)(=O)c2ccccc2C)cc1.[HH].[HH]. The van der Waals surface area contributed by atoms with Gasteiger partial charge in [0, 0.05) is 15.6 Å². The summed E-state index contributed by atoms with van der Waals surface area (Å²) < 4.78 is 32.6. The summed E-state index contributed by atoms with van der Waals surface area (Å²) in [5.74, 6) is 0.660. The van der Waals surface area contributed by atoms with Crippen LogP contribution < -0.4 is 19.7 Å². The number of nitrogens with zero attached hydrogens (tertiary/aromatic N) is 1. The van der Waals surface area contributed by atoms with Gasteiger partial charge in [0.15, 0.2) is 0 Å². The van der Waals surface area contributed by atoms with Crippen LogP contribution in [-0.4, -0.2) is 40.6 Å². The zero-order valence-electron chi connectivity index (χ0n) is 19.2. The Bertz CT molecular complexity index is 1090. The molecule has 1 atom stereocenters. The zero-order chi connectivity index (χ0) is 24.0. The summed E-state index contributed by atoms with van der Waals surface area (Å²) in [4.78, 5) is 27.5. The lowest BCUT2D eigenvalue weighted by Gasteiger charge is -2.26. The van der Waals surface area contributed by atoms with Crippen molar-refractivity contribution in [2.24, 2.45) is 5.92 Å². The van der Waals surface area contributed by atoms with Crippen LogP contribution in [-0.2, 0) is 14.8 Å². The monoisotopic (exact) mass is 477 g/mol. The summed E-state index contributed by atoms with van der Waals surface area (Å²) in [5.41, 5.74) is 1.17. The van der Waals surface area contributed by atoms with Gasteiger partial charge in [-0.15, -0.1) is 0 Å². The number of carbonyl (C=O) groups excluding carboxylic acids is 2. The highest BCUT2D eigenvalue weighted by molar-refractivity contribution is 7.90. The molecule has 3 amide bonds. The van der Waals surface area contributed by atoms with E-state index in [0.29, 0.717) is 29.3 Å². The van der Waals surface area contributed by atoms with Crippen LogP contribution in [0.2, 0.25) is 0 Å². The number of benzene rings is 2. The average Bonchev–Trinajstić information content (AvgIpc) is 3.30. The van der Waals surface area contributed by atoms with Gasteiger partial charge in [0.05, 0.1) is 12.0 Å². The van der Waals surface area contributed by atoms with Crippen molar-refractivity contribution in [2.45, 2.75) is 50.0 Å². The van der Waals surface area contributed by atoms with E-state index in [1.807, 2.05) is 0 Å². The largest absolute Gasteiger partial charge is 0.497 e. The smallest absolute Gasteiger partial charge is 0.329 e. The fourth-order valence-corrected chi connectivity index (χ4v) is 5.35. The molecule has 1 aliphatic rings. The van der Waals surface area contributed by atoms with Crippen LogP contribution in [0.3, 0.4) is 0 Å². The lowest BCUT2D eigenvalue weighted by atomic mass is 9.97. The Labute approximate surface area is 198 Å². The maximum absolute atomic E-state index is 13.3. The fourth-order valence-electron chi connectivity index (χ4n) is 4.19.